The van der Waals surface area contributed by atoms with E-state index in [1.165, 1.54) is 21.8 Å². The Morgan fingerprint density at radius 3 is 3.05 bits per heavy atom. The Labute approximate surface area is 142 Å². The second-order valence-corrected chi connectivity index (χ2v) is 6.54. The summed E-state index contributed by atoms with van der Waals surface area (Å²) >= 11 is 10.6. The zero-order valence-electron chi connectivity index (χ0n) is 11.0. The molecule has 112 valence electrons. The lowest BCUT2D eigenvalue weighted by molar-refractivity contribution is 0.0468. The van der Waals surface area contributed by atoms with Crippen molar-refractivity contribution in [1.29, 1.82) is 0 Å². The van der Waals surface area contributed by atoms with E-state index in [1.807, 2.05) is 0 Å². The molecule has 22 heavy (non-hydrogen) atoms. The van der Waals surface area contributed by atoms with E-state index in [4.69, 9.17) is 16.3 Å². The largest absolute Gasteiger partial charge is 0.456 e. The highest BCUT2D eigenvalue weighted by molar-refractivity contribution is 9.10. The molecule has 3 aromatic rings. The van der Waals surface area contributed by atoms with Gasteiger partial charge in [-0.1, -0.05) is 27.5 Å². The minimum atomic E-state index is -0.570. The van der Waals surface area contributed by atoms with Gasteiger partial charge in [-0.15, -0.1) is 11.3 Å². The third-order valence-electron chi connectivity index (χ3n) is 2.86. The Hall–Kier alpha value is -1.70. The van der Waals surface area contributed by atoms with Crippen molar-refractivity contribution in [2.45, 2.75) is 6.61 Å². The first-order chi connectivity index (χ1) is 10.5. The van der Waals surface area contributed by atoms with Gasteiger partial charge in [0.1, 0.15) is 6.61 Å². The predicted octanol–water partition coefficient (Wildman–Crippen LogP) is 3.53. The minimum Gasteiger partial charge on any atom is -0.456 e. The van der Waals surface area contributed by atoms with E-state index >= 15 is 0 Å². The van der Waals surface area contributed by atoms with Crippen molar-refractivity contribution in [2.24, 2.45) is 0 Å². The summed E-state index contributed by atoms with van der Waals surface area (Å²) in [5.74, 6) is -0.570. The number of esters is 1. The van der Waals surface area contributed by atoms with Gasteiger partial charge < -0.3 is 4.74 Å². The molecule has 8 heteroatoms. The molecular formula is C14H8BrClN2O3S. The van der Waals surface area contributed by atoms with Gasteiger partial charge in [0.15, 0.2) is 4.96 Å². The number of thiazole rings is 1. The maximum Gasteiger partial charge on any atom is 0.340 e. The molecule has 0 saturated heterocycles. The van der Waals surface area contributed by atoms with Gasteiger partial charge in [0, 0.05) is 22.1 Å². The lowest BCUT2D eigenvalue weighted by Gasteiger charge is -2.06. The molecule has 0 N–H and O–H groups in total. The number of benzene rings is 1. The van der Waals surface area contributed by atoms with Crippen molar-refractivity contribution in [3.8, 4) is 0 Å². The predicted molar refractivity (Wildman–Crippen MR) is 87.6 cm³/mol. The molecule has 0 amide bonds. The molecule has 5 nitrogen and oxygen atoms in total. The van der Waals surface area contributed by atoms with Crippen LogP contribution in [0.15, 0.2) is 45.1 Å². The summed E-state index contributed by atoms with van der Waals surface area (Å²) in [6.45, 7) is -0.0919. The van der Waals surface area contributed by atoms with Crippen molar-refractivity contribution < 1.29 is 9.53 Å². The van der Waals surface area contributed by atoms with E-state index in [0.717, 1.165) is 4.47 Å². The number of carbonyl (C=O) groups is 1. The van der Waals surface area contributed by atoms with E-state index in [0.29, 0.717) is 15.7 Å². The van der Waals surface area contributed by atoms with Crippen LogP contribution in [-0.2, 0) is 11.3 Å². The average molecular weight is 400 g/mol. The second-order valence-electron chi connectivity index (χ2n) is 4.34. The number of aromatic nitrogens is 2. The number of rotatable bonds is 3. The molecule has 0 fully saturated rings. The minimum absolute atomic E-state index is 0.0919. The molecule has 0 spiro atoms. The highest BCUT2D eigenvalue weighted by atomic mass is 79.9. The van der Waals surface area contributed by atoms with Gasteiger partial charge in [-0.25, -0.2) is 9.78 Å². The summed E-state index contributed by atoms with van der Waals surface area (Å²) in [7, 11) is 0. The third-order valence-corrected chi connectivity index (χ3v) is 4.44. The summed E-state index contributed by atoms with van der Waals surface area (Å²) < 4.78 is 7.33. The normalized spacial score (nSPS) is 10.8. The number of ether oxygens (including phenoxy) is 1. The molecule has 3 rings (SSSR count). The van der Waals surface area contributed by atoms with Crippen molar-refractivity contribution in [3.63, 3.8) is 0 Å². The van der Waals surface area contributed by atoms with Crippen LogP contribution in [0.25, 0.3) is 4.96 Å². The standard InChI is InChI=1S/C14H8BrClN2O3S/c15-8-1-2-11(16)10(5-8)13(20)21-7-9-6-12(19)18-3-4-22-14(18)17-9/h1-6H,7H2. The molecular weight excluding hydrogens is 392 g/mol. The van der Waals surface area contributed by atoms with E-state index < -0.39 is 5.97 Å². The van der Waals surface area contributed by atoms with E-state index in [-0.39, 0.29) is 17.7 Å². The van der Waals surface area contributed by atoms with Crippen LogP contribution in [0.4, 0.5) is 0 Å². The van der Waals surface area contributed by atoms with E-state index in [1.54, 1.807) is 29.8 Å². The van der Waals surface area contributed by atoms with Crippen LogP contribution in [0.1, 0.15) is 16.1 Å². The Morgan fingerprint density at radius 1 is 1.41 bits per heavy atom. The molecule has 0 atom stereocenters. The molecule has 0 aliphatic carbocycles. The Kier molecular flexibility index (Phi) is 4.28. The summed E-state index contributed by atoms with van der Waals surface area (Å²) in [6.07, 6.45) is 1.65. The van der Waals surface area contributed by atoms with Gasteiger partial charge in [-0.3, -0.25) is 9.20 Å². The molecule has 0 saturated carbocycles. The summed E-state index contributed by atoms with van der Waals surface area (Å²) in [5, 5.41) is 2.07. The first kappa shape index (κ1) is 15.2. The smallest absolute Gasteiger partial charge is 0.340 e. The van der Waals surface area contributed by atoms with Gasteiger partial charge in [0.2, 0.25) is 0 Å². The van der Waals surface area contributed by atoms with Gasteiger partial charge in [-0.2, -0.15) is 0 Å². The highest BCUT2D eigenvalue weighted by Crippen LogP contribution is 2.22. The van der Waals surface area contributed by atoms with Gasteiger partial charge in [0.05, 0.1) is 16.3 Å². The SMILES string of the molecule is O=C(OCc1cc(=O)n2ccsc2n1)c1cc(Br)ccc1Cl. The fraction of sp³-hybridized carbons (Fsp3) is 0.0714. The maximum absolute atomic E-state index is 12.1. The van der Waals surface area contributed by atoms with Crippen molar-refractivity contribution >= 4 is 49.8 Å². The fourth-order valence-electron chi connectivity index (χ4n) is 1.83. The topological polar surface area (TPSA) is 60.7 Å². The second kappa shape index (κ2) is 6.20. The van der Waals surface area contributed by atoms with Crippen LogP contribution in [0.2, 0.25) is 5.02 Å². The first-order valence-corrected chi connectivity index (χ1v) is 8.17. The van der Waals surface area contributed by atoms with Gasteiger partial charge >= 0.3 is 5.97 Å². The average Bonchev–Trinajstić information content (AvgIpc) is 2.96. The molecule has 1 aromatic carbocycles. The lowest BCUT2D eigenvalue weighted by atomic mass is 10.2. The Morgan fingerprint density at radius 2 is 2.23 bits per heavy atom. The maximum atomic E-state index is 12.1. The molecule has 2 heterocycles. The molecule has 0 bridgehead atoms. The van der Waals surface area contributed by atoms with Crippen molar-refractivity contribution in [3.05, 3.63) is 66.9 Å². The van der Waals surface area contributed by atoms with Crippen LogP contribution >= 0.6 is 38.9 Å². The van der Waals surface area contributed by atoms with E-state index in [9.17, 15) is 9.59 Å². The van der Waals surface area contributed by atoms with Crippen LogP contribution in [0.3, 0.4) is 0 Å². The monoisotopic (exact) mass is 398 g/mol. The number of carbonyl (C=O) groups excluding carboxylic acids is 1. The van der Waals surface area contributed by atoms with Crippen LogP contribution in [0, 0.1) is 0 Å². The highest BCUT2D eigenvalue weighted by Gasteiger charge is 2.13. The third kappa shape index (κ3) is 3.06. The molecule has 0 aliphatic rings. The number of halogens is 2. The summed E-state index contributed by atoms with van der Waals surface area (Å²) in [4.78, 5) is 28.7. The van der Waals surface area contributed by atoms with Crippen molar-refractivity contribution in [1.82, 2.24) is 9.38 Å². The lowest BCUT2D eigenvalue weighted by Crippen LogP contribution is -2.14. The van der Waals surface area contributed by atoms with Crippen LogP contribution in [0.5, 0.6) is 0 Å². The molecule has 0 radical (unpaired) electrons. The Balaban J connectivity index is 1.80. The van der Waals surface area contributed by atoms with Crippen molar-refractivity contribution in [2.75, 3.05) is 0 Å². The van der Waals surface area contributed by atoms with Gasteiger partial charge in [-0.05, 0) is 18.2 Å². The Bertz CT molecular complexity index is 922. The number of hydrogen-bond donors (Lipinski definition) is 0. The van der Waals surface area contributed by atoms with Crippen LogP contribution < -0.4 is 5.56 Å². The molecule has 2 aromatic heterocycles. The first-order valence-electron chi connectivity index (χ1n) is 6.12. The number of fused-ring (bicyclic) bond motifs is 1. The number of nitrogens with zero attached hydrogens (tertiary/aromatic N) is 2. The van der Waals surface area contributed by atoms with E-state index in [2.05, 4.69) is 20.9 Å². The fourth-order valence-corrected chi connectivity index (χ4v) is 3.13. The zero-order valence-corrected chi connectivity index (χ0v) is 14.1. The molecule has 0 aliphatic heterocycles. The summed E-state index contributed by atoms with van der Waals surface area (Å²) in [5.41, 5.74) is 0.440. The van der Waals surface area contributed by atoms with Crippen LogP contribution in [-0.4, -0.2) is 15.4 Å². The summed E-state index contributed by atoms with van der Waals surface area (Å²) in [6, 6.07) is 6.25. The number of hydrogen-bond acceptors (Lipinski definition) is 5. The quantitative estimate of drug-likeness (QED) is 0.632. The van der Waals surface area contributed by atoms with Gasteiger partial charge in [0.25, 0.3) is 5.56 Å². The zero-order chi connectivity index (χ0) is 15.7. The molecule has 0 unspecified atom stereocenters.